The standard InChI is InChI=1S/C10H16N2O3/c1-3-4-15-10(14)7-5-9(13)12(2)6-8(7)11/h3-6,11H2,1-2H3. The predicted octanol–water partition coefficient (Wildman–Crippen LogP) is 0.0145. The van der Waals surface area contributed by atoms with E-state index in [2.05, 4.69) is 0 Å². The van der Waals surface area contributed by atoms with Gasteiger partial charge in [0.25, 0.3) is 0 Å². The Labute approximate surface area is 88.9 Å². The molecule has 2 N–H and O–H groups in total. The molecule has 1 aliphatic heterocycles. The maximum absolute atomic E-state index is 11.5. The van der Waals surface area contributed by atoms with Crippen molar-refractivity contribution in [3.8, 4) is 0 Å². The Balaban J connectivity index is 2.71. The van der Waals surface area contributed by atoms with E-state index in [0.717, 1.165) is 6.42 Å². The molecule has 0 unspecified atom stereocenters. The van der Waals surface area contributed by atoms with Gasteiger partial charge in [-0.15, -0.1) is 0 Å². The summed E-state index contributed by atoms with van der Waals surface area (Å²) in [6.07, 6.45) is 0.803. The van der Waals surface area contributed by atoms with E-state index in [9.17, 15) is 9.59 Å². The van der Waals surface area contributed by atoms with Gasteiger partial charge in [0.05, 0.1) is 25.1 Å². The number of esters is 1. The largest absolute Gasteiger partial charge is 0.462 e. The highest BCUT2D eigenvalue weighted by Gasteiger charge is 2.26. The Morgan fingerprint density at radius 3 is 2.87 bits per heavy atom. The Kier molecular flexibility index (Phi) is 3.71. The second kappa shape index (κ2) is 4.82. The minimum absolute atomic E-state index is 0.0465. The Hall–Kier alpha value is -1.52. The summed E-state index contributed by atoms with van der Waals surface area (Å²) >= 11 is 0. The van der Waals surface area contributed by atoms with E-state index in [1.54, 1.807) is 7.05 Å². The monoisotopic (exact) mass is 212 g/mol. The minimum Gasteiger partial charge on any atom is -0.462 e. The molecule has 0 fully saturated rings. The third-order valence-electron chi connectivity index (χ3n) is 2.23. The molecule has 0 saturated heterocycles. The van der Waals surface area contributed by atoms with E-state index in [0.29, 0.717) is 24.4 Å². The van der Waals surface area contributed by atoms with E-state index in [4.69, 9.17) is 10.5 Å². The highest BCUT2D eigenvalue weighted by Crippen LogP contribution is 2.16. The lowest BCUT2D eigenvalue weighted by atomic mass is 10.1. The molecule has 84 valence electrons. The molecule has 15 heavy (non-hydrogen) atoms. The third-order valence-corrected chi connectivity index (χ3v) is 2.23. The minimum atomic E-state index is -0.462. The number of hydrogen-bond donors (Lipinski definition) is 1. The number of nitrogens with zero attached hydrogens (tertiary/aromatic N) is 1. The number of rotatable bonds is 3. The molecule has 0 radical (unpaired) electrons. The summed E-state index contributed by atoms with van der Waals surface area (Å²) in [5.41, 5.74) is 6.43. The topological polar surface area (TPSA) is 72.6 Å². The maximum Gasteiger partial charge on any atom is 0.336 e. The van der Waals surface area contributed by atoms with Crippen LogP contribution in [-0.2, 0) is 14.3 Å². The van der Waals surface area contributed by atoms with Gasteiger partial charge in [-0.2, -0.15) is 0 Å². The van der Waals surface area contributed by atoms with Crippen molar-refractivity contribution in [3.05, 3.63) is 11.3 Å². The molecule has 1 aliphatic rings. The molecule has 0 aromatic rings. The van der Waals surface area contributed by atoms with Crippen molar-refractivity contribution in [2.75, 3.05) is 20.2 Å². The van der Waals surface area contributed by atoms with Crippen molar-refractivity contribution in [1.29, 1.82) is 0 Å². The van der Waals surface area contributed by atoms with Crippen LogP contribution < -0.4 is 5.73 Å². The molecule has 1 amide bonds. The lowest BCUT2D eigenvalue weighted by molar-refractivity contribution is -0.141. The highest BCUT2D eigenvalue weighted by atomic mass is 16.5. The quantitative estimate of drug-likeness (QED) is 0.669. The smallest absolute Gasteiger partial charge is 0.336 e. The zero-order valence-electron chi connectivity index (χ0n) is 9.08. The van der Waals surface area contributed by atoms with Crippen LogP contribution in [0.2, 0.25) is 0 Å². The average Bonchev–Trinajstić information content (AvgIpc) is 2.20. The normalized spacial score (nSPS) is 16.9. The van der Waals surface area contributed by atoms with Crippen molar-refractivity contribution in [2.24, 2.45) is 5.73 Å². The number of hydrogen-bond acceptors (Lipinski definition) is 4. The summed E-state index contributed by atoms with van der Waals surface area (Å²) in [4.78, 5) is 24.3. The lowest BCUT2D eigenvalue weighted by Crippen LogP contribution is -2.37. The number of likely N-dealkylation sites (N-methyl/N-ethyl adjacent to an activating group) is 1. The summed E-state index contributed by atoms with van der Waals surface area (Å²) in [6.45, 7) is 2.57. The molecule has 0 bridgehead atoms. The first-order valence-corrected chi connectivity index (χ1v) is 4.94. The molecule has 0 saturated carbocycles. The van der Waals surface area contributed by atoms with Crippen LogP contribution in [-0.4, -0.2) is 37.0 Å². The summed E-state index contributed by atoms with van der Waals surface area (Å²) in [6, 6.07) is 0. The third kappa shape index (κ3) is 2.71. The van der Waals surface area contributed by atoms with Gasteiger partial charge in [-0.25, -0.2) is 4.79 Å². The van der Waals surface area contributed by atoms with Crippen molar-refractivity contribution in [2.45, 2.75) is 19.8 Å². The summed E-state index contributed by atoms with van der Waals surface area (Å²) < 4.78 is 4.94. The fourth-order valence-corrected chi connectivity index (χ4v) is 1.32. The first kappa shape index (κ1) is 11.6. The van der Waals surface area contributed by atoms with Gasteiger partial charge < -0.3 is 15.4 Å². The Bertz CT molecular complexity index is 310. The molecule has 1 heterocycles. The van der Waals surface area contributed by atoms with E-state index in [-0.39, 0.29) is 12.3 Å². The van der Waals surface area contributed by atoms with Crippen molar-refractivity contribution in [1.82, 2.24) is 4.90 Å². The van der Waals surface area contributed by atoms with Gasteiger partial charge >= 0.3 is 5.97 Å². The molecule has 1 rings (SSSR count). The van der Waals surface area contributed by atoms with Crippen LogP contribution in [0.5, 0.6) is 0 Å². The van der Waals surface area contributed by atoms with Crippen LogP contribution in [0.25, 0.3) is 0 Å². The molecule has 0 aliphatic carbocycles. The number of nitrogens with two attached hydrogens (primary N) is 1. The zero-order valence-corrected chi connectivity index (χ0v) is 9.08. The second-order valence-corrected chi connectivity index (χ2v) is 3.57. The fourth-order valence-electron chi connectivity index (χ4n) is 1.32. The van der Waals surface area contributed by atoms with E-state index in [1.807, 2.05) is 6.92 Å². The zero-order chi connectivity index (χ0) is 11.4. The van der Waals surface area contributed by atoms with E-state index >= 15 is 0 Å². The molecular formula is C10H16N2O3. The van der Waals surface area contributed by atoms with Gasteiger partial charge in [0, 0.05) is 12.7 Å². The predicted molar refractivity (Wildman–Crippen MR) is 54.7 cm³/mol. The van der Waals surface area contributed by atoms with Gasteiger partial charge in [0.15, 0.2) is 0 Å². The lowest BCUT2D eigenvalue weighted by Gasteiger charge is -2.24. The van der Waals surface area contributed by atoms with Crippen LogP contribution in [0.15, 0.2) is 11.3 Å². The van der Waals surface area contributed by atoms with Gasteiger partial charge in [-0.1, -0.05) is 6.92 Å². The van der Waals surface area contributed by atoms with Gasteiger partial charge in [-0.3, -0.25) is 4.79 Å². The molecule has 5 nitrogen and oxygen atoms in total. The second-order valence-electron chi connectivity index (χ2n) is 3.57. The van der Waals surface area contributed by atoms with Crippen LogP contribution in [0.4, 0.5) is 0 Å². The van der Waals surface area contributed by atoms with Crippen LogP contribution >= 0.6 is 0 Å². The molecule has 5 heteroatoms. The average molecular weight is 212 g/mol. The fraction of sp³-hybridized carbons (Fsp3) is 0.600. The van der Waals surface area contributed by atoms with Crippen LogP contribution in [0.1, 0.15) is 19.8 Å². The number of ether oxygens (including phenoxy) is 1. The van der Waals surface area contributed by atoms with Gasteiger partial charge in [-0.05, 0) is 6.42 Å². The number of carbonyl (C=O) groups excluding carboxylic acids is 2. The first-order valence-electron chi connectivity index (χ1n) is 4.94. The SMILES string of the molecule is CCCOC(=O)C1=C(N)CN(C)C(=O)C1. The highest BCUT2D eigenvalue weighted by molar-refractivity contribution is 5.97. The Morgan fingerprint density at radius 2 is 2.27 bits per heavy atom. The van der Waals surface area contributed by atoms with Crippen molar-refractivity contribution >= 4 is 11.9 Å². The van der Waals surface area contributed by atoms with E-state index < -0.39 is 5.97 Å². The summed E-state index contributed by atoms with van der Waals surface area (Å²) in [5, 5.41) is 0. The van der Waals surface area contributed by atoms with Crippen molar-refractivity contribution in [3.63, 3.8) is 0 Å². The Morgan fingerprint density at radius 1 is 1.60 bits per heavy atom. The van der Waals surface area contributed by atoms with Crippen LogP contribution in [0.3, 0.4) is 0 Å². The van der Waals surface area contributed by atoms with Gasteiger partial charge in [0.2, 0.25) is 5.91 Å². The molecular weight excluding hydrogens is 196 g/mol. The molecule has 0 atom stereocenters. The number of amides is 1. The van der Waals surface area contributed by atoms with E-state index in [1.165, 1.54) is 4.90 Å². The first-order chi connectivity index (χ1) is 7.06. The number of carbonyl (C=O) groups is 2. The van der Waals surface area contributed by atoms with Crippen molar-refractivity contribution < 1.29 is 14.3 Å². The maximum atomic E-state index is 11.5. The molecule has 0 aromatic heterocycles. The molecule has 0 aromatic carbocycles. The summed E-state index contributed by atoms with van der Waals surface area (Å²) in [7, 11) is 1.66. The van der Waals surface area contributed by atoms with Crippen LogP contribution in [0, 0.1) is 0 Å². The van der Waals surface area contributed by atoms with Gasteiger partial charge in [0.1, 0.15) is 0 Å². The summed E-state index contributed by atoms with van der Waals surface area (Å²) in [5.74, 6) is -0.566. The molecule has 0 spiro atoms.